The minimum atomic E-state index is -0.471. The zero-order valence-corrected chi connectivity index (χ0v) is 12.6. The van der Waals surface area contributed by atoms with E-state index in [1.165, 1.54) is 5.56 Å². The van der Waals surface area contributed by atoms with Gasteiger partial charge in [-0.15, -0.1) is 0 Å². The lowest BCUT2D eigenvalue weighted by atomic mass is 9.78. The summed E-state index contributed by atoms with van der Waals surface area (Å²) in [5, 5.41) is 0.696. The highest BCUT2D eigenvalue weighted by atomic mass is 35.5. The van der Waals surface area contributed by atoms with Gasteiger partial charge in [-0.3, -0.25) is 0 Å². The molecule has 2 unspecified atom stereocenters. The van der Waals surface area contributed by atoms with Crippen LogP contribution in [0.1, 0.15) is 17.0 Å². The second kappa shape index (κ2) is 4.47. The third-order valence-corrected chi connectivity index (χ3v) is 4.84. The monoisotopic (exact) mass is 300 g/mol. The summed E-state index contributed by atoms with van der Waals surface area (Å²) in [5.74, 6) is 1.92. The second-order valence-electron chi connectivity index (χ2n) is 6.07. The third-order valence-electron chi connectivity index (χ3n) is 4.61. The molecule has 0 bridgehead atoms. The molecule has 3 nitrogen and oxygen atoms in total. The molecule has 0 radical (unpaired) electrons. The molecule has 2 N–H and O–H groups in total. The van der Waals surface area contributed by atoms with E-state index in [0.29, 0.717) is 5.02 Å². The van der Waals surface area contributed by atoms with Crippen LogP contribution in [0.15, 0.2) is 42.5 Å². The molecule has 2 atom stereocenters. The molecule has 108 valence electrons. The number of para-hydroxylation sites is 1. The van der Waals surface area contributed by atoms with Crippen molar-refractivity contribution in [2.75, 3.05) is 20.1 Å². The van der Waals surface area contributed by atoms with E-state index in [1.54, 1.807) is 0 Å². The Morgan fingerprint density at radius 1 is 1.24 bits per heavy atom. The maximum Gasteiger partial charge on any atom is 0.132 e. The molecule has 1 fully saturated rings. The van der Waals surface area contributed by atoms with Crippen molar-refractivity contribution in [2.45, 2.75) is 11.5 Å². The lowest BCUT2D eigenvalue weighted by Gasteiger charge is -2.30. The van der Waals surface area contributed by atoms with E-state index >= 15 is 0 Å². The van der Waals surface area contributed by atoms with Crippen molar-refractivity contribution in [1.29, 1.82) is 0 Å². The number of nitrogens with two attached hydrogens (primary N) is 1. The lowest BCUT2D eigenvalue weighted by Crippen LogP contribution is -2.43. The minimum absolute atomic E-state index is 0.207. The van der Waals surface area contributed by atoms with Gasteiger partial charge >= 0.3 is 0 Å². The zero-order valence-electron chi connectivity index (χ0n) is 11.8. The van der Waals surface area contributed by atoms with Crippen LogP contribution in [0.4, 0.5) is 0 Å². The predicted octanol–water partition coefficient (Wildman–Crippen LogP) is 3.33. The Hall–Kier alpha value is -1.55. The average Bonchev–Trinajstić information content (AvgIpc) is 2.73. The summed E-state index contributed by atoms with van der Waals surface area (Å²) in [6, 6.07) is 13.9. The minimum Gasteiger partial charge on any atom is -0.457 e. The Morgan fingerprint density at radius 3 is 2.90 bits per heavy atom. The van der Waals surface area contributed by atoms with Gasteiger partial charge in [-0.1, -0.05) is 29.8 Å². The van der Waals surface area contributed by atoms with Crippen molar-refractivity contribution >= 4 is 11.6 Å². The number of nitrogens with zero attached hydrogens (tertiary/aromatic N) is 1. The molecule has 21 heavy (non-hydrogen) atoms. The number of hydrogen-bond donors (Lipinski definition) is 1. The molecule has 4 heteroatoms. The molecule has 4 rings (SSSR count). The fraction of sp³-hybridized carbons (Fsp3) is 0.294. The van der Waals surface area contributed by atoms with Gasteiger partial charge in [-0.2, -0.15) is 0 Å². The largest absolute Gasteiger partial charge is 0.457 e. The zero-order chi connectivity index (χ0) is 14.6. The van der Waals surface area contributed by atoms with Gasteiger partial charge in [0.2, 0.25) is 0 Å². The SMILES string of the molecule is CN1CC2c3ccccc3Oc3ccc(Cl)cc3C2(N)C1. The molecule has 0 saturated carbocycles. The van der Waals surface area contributed by atoms with Gasteiger partial charge in [0.25, 0.3) is 0 Å². The van der Waals surface area contributed by atoms with Crippen LogP contribution >= 0.6 is 11.6 Å². The number of hydrogen-bond acceptors (Lipinski definition) is 3. The molecule has 0 aliphatic carbocycles. The molecule has 2 aliphatic rings. The first-order chi connectivity index (χ1) is 10.1. The van der Waals surface area contributed by atoms with Crippen molar-refractivity contribution in [3.05, 3.63) is 58.6 Å². The first-order valence-electron chi connectivity index (χ1n) is 7.12. The van der Waals surface area contributed by atoms with Crippen LogP contribution in [0.3, 0.4) is 0 Å². The Bertz CT molecular complexity index is 718. The topological polar surface area (TPSA) is 38.5 Å². The van der Waals surface area contributed by atoms with E-state index in [2.05, 4.69) is 18.0 Å². The number of benzene rings is 2. The van der Waals surface area contributed by atoms with Gasteiger partial charge in [0.15, 0.2) is 0 Å². The highest BCUT2D eigenvalue weighted by Gasteiger charge is 2.48. The summed E-state index contributed by atoms with van der Waals surface area (Å²) < 4.78 is 6.14. The van der Waals surface area contributed by atoms with Gasteiger partial charge in [0.05, 0.1) is 5.54 Å². The standard InChI is InChI=1S/C17H17ClN2O/c1-20-9-14-12-4-2-3-5-15(12)21-16-7-6-11(18)8-13(16)17(14,19)10-20/h2-8,14H,9-10,19H2,1H3. The highest BCUT2D eigenvalue weighted by molar-refractivity contribution is 6.30. The van der Waals surface area contributed by atoms with Gasteiger partial charge < -0.3 is 15.4 Å². The normalized spacial score (nSPS) is 27.3. The maximum atomic E-state index is 6.87. The quantitative estimate of drug-likeness (QED) is 0.811. The molecule has 1 saturated heterocycles. The van der Waals surface area contributed by atoms with Crippen LogP contribution in [0.2, 0.25) is 5.02 Å². The van der Waals surface area contributed by atoms with Gasteiger partial charge in [-0.25, -0.2) is 0 Å². The smallest absolute Gasteiger partial charge is 0.132 e. The molecule has 2 aromatic carbocycles. The molecular weight excluding hydrogens is 284 g/mol. The fourth-order valence-corrected chi connectivity index (χ4v) is 3.85. The van der Waals surface area contributed by atoms with Crippen molar-refractivity contribution < 1.29 is 4.74 Å². The summed E-state index contributed by atoms with van der Waals surface area (Å²) in [6.07, 6.45) is 0. The van der Waals surface area contributed by atoms with Crippen LogP contribution < -0.4 is 10.5 Å². The molecule has 0 spiro atoms. The van der Waals surface area contributed by atoms with Crippen LogP contribution in [-0.2, 0) is 5.54 Å². The summed E-state index contributed by atoms with van der Waals surface area (Å²) in [7, 11) is 2.11. The number of ether oxygens (including phenoxy) is 1. The van der Waals surface area contributed by atoms with Crippen LogP contribution in [0, 0.1) is 0 Å². The Morgan fingerprint density at radius 2 is 2.05 bits per heavy atom. The van der Waals surface area contributed by atoms with Gasteiger partial charge in [0.1, 0.15) is 11.5 Å². The van der Waals surface area contributed by atoms with Crippen molar-refractivity contribution in [2.24, 2.45) is 5.73 Å². The predicted molar refractivity (Wildman–Crippen MR) is 84.1 cm³/mol. The molecule has 0 amide bonds. The van der Waals surface area contributed by atoms with E-state index in [1.807, 2.05) is 36.4 Å². The second-order valence-corrected chi connectivity index (χ2v) is 6.51. The number of fused-ring (bicyclic) bond motifs is 5. The lowest BCUT2D eigenvalue weighted by molar-refractivity contribution is 0.366. The fourth-order valence-electron chi connectivity index (χ4n) is 3.68. The van der Waals surface area contributed by atoms with Crippen LogP contribution in [0.25, 0.3) is 0 Å². The first-order valence-corrected chi connectivity index (χ1v) is 7.50. The average molecular weight is 301 g/mol. The summed E-state index contributed by atoms with van der Waals surface area (Å²) >= 11 is 6.21. The van der Waals surface area contributed by atoms with E-state index in [-0.39, 0.29) is 5.92 Å². The van der Waals surface area contributed by atoms with E-state index < -0.39 is 5.54 Å². The first kappa shape index (κ1) is 13.1. The number of halogens is 1. The summed E-state index contributed by atoms with van der Waals surface area (Å²) in [4.78, 5) is 2.28. The molecular formula is C17H17ClN2O. The number of likely N-dealkylation sites (tertiary alicyclic amines) is 1. The van der Waals surface area contributed by atoms with Gasteiger partial charge in [-0.05, 0) is 31.3 Å². The van der Waals surface area contributed by atoms with E-state index in [4.69, 9.17) is 22.1 Å². The van der Waals surface area contributed by atoms with Crippen molar-refractivity contribution in [3.8, 4) is 11.5 Å². The Labute approximate surface area is 129 Å². The summed E-state index contributed by atoms with van der Waals surface area (Å²) in [6.45, 7) is 1.71. The summed E-state index contributed by atoms with van der Waals surface area (Å²) in [5.41, 5.74) is 8.58. The van der Waals surface area contributed by atoms with E-state index in [0.717, 1.165) is 30.2 Å². The Balaban J connectivity index is 2.00. The van der Waals surface area contributed by atoms with Crippen molar-refractivity contribution in [1.82, 2.24) is 4.90 Å². The van der Waals surface area contributed by atoms with Crippen LogP contribution in [0.5, 0.6) is 11.5 Å². The highest BCUT2D eigenvalue weighted by Crippen LogP contribution is 2.50. The molecule has 0 aromatic heterocycles. The molecule has 2 aliphatic heterocycles. The van der Waals surface area contributed by atoms with Gasteiger partial charge in [0, 0.05) is 35.2 Å². The number of likely N-dealkylation sites (N-methyl/N-ethyl adjacent to an activating group) is 1. The number of rotatable bonds is 0. The Kier molecular flexibility index (Phi) is 2.80. The maximum absolute atomic E-state index is 6.87. The van der Waals surface area contributed by atoms with Crippen molar-refractivity contribution in [3.63, 3.8) is 0 Å². The van der Waals surface area contributed by atoms with E-state index in [9.17, 15) is 0 Å². The van der Waals surface area contributed by atoms with Crippen LogP contribution in [-0.4, -0.2) is 25.0 Å². The molecule has 2 heterocycles. The third kappa shape index (κ3) is 1.89. The molecule has 2 aromatic rings.